The highest BCUT2D eigenvalue weighted by Gasteiger charge is 2.43. The maximum atomic E-state index is 12.4. The molecule has 2 aliphatic rings. The minimum absolute atomic E-state index is 0.0198. The molecule has 1 N–H and O–H groups in total. The molecule has 0 unspecified atom stereocenters. The molecule has 0 aliphatic heterocycles. The fourth-order valence-corrected chi connectivity index (χ4v) is 4.66. The van der Waals surface area contributed by atoms with Crippen LogP contribution in [0, 0.1) is 11.8 Å². The summed E-state index contributed by atoms with van der Waals surface area (Å²) in [5.41, 5.74) is 0. The maximum absolute atomic E-state index is 12.4. The Labute approximate surface area is 129 Å². The first kappa shape index (κ1) is 15.3. The van der Waals surface area contributed by atoms with E-state index < -0.39 is 19.1 Å². The molecule has 2 fully saturated rings. The predicted molar refractivity (Wildman–Crippen MR) is 79.0 cm³/mol. The second kappa shape index (κ2) is 5.22. The highest BCUT2D eigenvalue weighted by atomic mass is 35.7. The molecule has 2 aliphatic carbocycles. The molecule has 0 saturated heterocycles. The van der Waals surface area contributed by atoms with Gasteiger partial charge in [-0.05, 0) is 61.8 Å². The maximum Gasteiger partial charge on any atom is 0.261 e. The van der Waals surface area contributed by atoms with E-state index in [1.54, 1.807) is 0 Å². The van der Waals surface area contributed by atoms with Crippen molar-refractivity contribution in [2.45, 2.75) is 41.5 Å². The lowest BCUT2D eigenvalue weighted by Crippen LogP contribution is -2.38. The Bertz CT molecular complexity index is 723. The van der Waals surface area contributed by atoms with Crippen LogP contribution in [0.15, 0.2) is 34.1 Å². The lowest BCUT2D eigenvalue weighted by molar-refractivity contribution is 0.471. The summed E-state index contributed by atoms with van der Waals surface area (Å²) >= 11 is 0. The summed E-state index contributed by atoms with van der Waals surface area (Å²) in [6.45, 7) is 0. The Morgan fingerprint density at radius 3 is 1.71 bits per heavy atom. The summed E-state index contributed by atoms with van der Waals surface area (Å²) in [5.74, 6) is 0.907. The summed E-state index contributed by atoms with van der Waals surface area (Å²) < 4.78 is 49.9. The lowest BCUT2D eigenvalue weighted by atomic mass is 10.1. The van der Waals surface area contributed by atoms with Gasteiger partial charge >= 0.3 is 0 Å². The Balaban J connectivity index is 1.80. The summed E-state index contributed by atoms with van der Waals surface area (Å²) in [4.78, 5) is -0.0399. The van der Waals surface area contributed by atoms with E-state index in [2.05, 4.69) is 4.72 Å². The third kappa shape index (κ3) is 3.59. The third-order valence-electron chi connectivity index (χ3n) is 3.97. The molecule has 116 valence electrons. The van der Waals surface area contributed by atoms with Crippen molar-refractivity contribution in [3.8, 4) is 0 Å². The van der Waals surface area contributed by atoms with Crippen LogP contribution in [0.2, 0.25) is 0 Å². The van der Waals surface area contributed by atoms with Crippen LogP contribution in [-0.4, -0.2) is 22.9 Å². The molecular weight excluding hydrogens is 334 g/mol. The van der Waals surface area contributed by atoms with E-state index >= 15 is 0 Å². The summed E-state index contributed by atoms with van der Waals surface area (Å²) in [5, 5.41) is 0. The van der Waals surface area contributed by atoms with Crippen LogP contribution in [-0.2, 0) is 19.1 Å². The van der Waals surface area contributed by atoms with E-state index in [0.29, 0.717) is 11.8 Å². The summed E-state index contributed by atoms with van der Waals surface area (Å²) in [7, 11) is -2.24. The van der Waals surface area contributed by atoms with E-state index in [1.807, 2.05) is 0 Å². The van der Waals surface area contributed by atoms with Crippen molar-refractivity contribution in [1.29, 1.82) is 0 Å². The fraction of sp³-hybridized carbons (Fsp3) is 0.538. The van der Waals surface area contributed by atoms with Crippen molar-refractivity contribution in [2.75, 3.05) is 0 Å². The average Bonchev–Trinajstić information content (AvgIpc) is 3.28. The minimum atomic E-state index is -3.84. The Morgan fingerprint density at radius 2 is 1.33 bits per heavy atom. The molecule has 3 rings (SSSR count). The first-order valence-corrected chi connectivity index (χ1v) is 10.6. The molecule has 2 saturated carbocycles. The molecule has 0 radical (unpaired) electrons. The Morgan fingerprint density at radius 1 is 0.905 bits per heavy atom. The zero-order valence-corrected chi connectivity index (χ0v) is 13.6. The molecule has 21 heavy (non-hydrogen) atoms. The van der Waals surface area contributed by atoms with Crippen LogP contribution in [0.1, 0.15) is 25.7 Å². The highest BCUT2D eigenvalue weighted by molar-refractivity contribution is 8.13. The molecule has 1 aromatic rings. The third-order valence-corrected chi connectivity index (χ3v) is 6.81. The first-order valence-electron chi connectivity index (χ1n) is 6.84. The Kier molecular flexibility index (Phi) is 3.80. The lowest BCUT2D eigenvalue weighted by Gasteiger charge is -2.17. The van der Waals surface area contributed by atoms with Gasteiger partial charge in [0.05, 0.1) is 9.79 Å². The van der Waals surface area contributed by atoms with Crippen molar-refractivity contribution in [1.82, 2.24) is 4.72 Å². The summed E-state index contributed by atoms with van der Waals surface area (Å²) in [6, 6.07) is 4.98. The second-order valence-corrected chi connectivity index (χ2v) is 10.0. The van der Waals surface area contributed by atoms with Crippen LogP contribution in [0.5, 0.6) is 0 Å². The number of benzene rings is 1. The zero-order chi connectivity index (χ0) is 15.3. The SMILES string of the molecule is O=S(=O)(Cl)c1ccc(S(=O)(=O)NC(C2CC2)C2CC2)cc1. The van der Waals surface area contributed by atoms with Gasteiger partial charge in [0, 0.05) is 16.7 Å². The molecule has 0 bridgehead atoms. The van der Waals surface area contributed by atoms with Crippen LogP contribution in [0.3, 0.4) is 0 Å². The molecule has 5 nitrogen and oxygen atoms in total. The van der Waals surface area contributed by atoms with Crippen molar-refractivity contribution in [3.05, 3.63) is 24.3 Å². The van der Waals surface area contributed by atoms with Crippen LogP contribution in [0.25, 0.3) is 0 Å². The van der Waals surface area contributed by atoms with Gasteiger partial charge in [0.15, 0.2) is 0 Å². The zero-order valence-electron chi connectivity index (χ0n) is 11.2. The normalized spacial score (nSPS) is 19.9. The fourth-order valence-electron chi connectivity index (χ4n) is 2.52. The number of nitrogens with one attached hydrogen (secondary N) is 1. The van der Waals surface area contributed by atoms with Gasteiger partial charge in [0.2, 0.25) is 10.0 Å². The van der Waals surface area contributed by atoms with Crippen LogP contribution in [0.4, 0.5) is 0 Å². The molecule has 0 aromatic heterocycles. The summed E-state index contributed by atoms with van der Waals surface area (Å²) in [6.07, 6.45) is 4.31. The largest absolute Gasteiger partial charge is 0.261 e. The van der Waals surface area contributed by atoms with Gasteiger partial charge in [0.1, 0.15) is 0 Å². The smallest absolute Gasteiger partial charge is 0.208 e. The number of halogens is 1. The number of rotatable bonds is 6. The number of hydrogen-bond acceptors (Lipinski definition) is 4. The standard InChI is InChI=1S/C13H16ClNO4S2/c14-20(16,17)11-5-7-12(8-6-11)21(18,19)15-13(9-1-2-9)10-3-4-10/h5-10,13,15H,1-4H2. The van der Waals surface area contributed by atoms with Gasteiger partial charge in [0.25, 0.3) is 9.05 Å². The molecule has 8 heteroatoms. The van der Waals surface area contributed by atoms with E-state index in [1.165, 1.54) is 24.3 Å². The second-order valence-electron chi connectivity index (χ2n) is 5.73. The molecule has 0 amide bonds. The number of sulfonamides is 1. The van der Waals surface area contributed by atoms with Crippen molar-refractivity contribution < 1.29 is 16.8 Å². The highest BCUT2D eigenvalue weighted by Crippen LogP contribution is 2.45. The predicted octanol–water partition coefficient (Wildman–Crippen LogP) is 2.08. The van der Waals surface area contributed by atoms with Crippen LogP contribution < -0.4 is 4.72 Å². The van der Waals surface area contributed by atoms with Crippen molar-refractivity contribution in [3.63, 3.8) is 0 Å². The molecule has 1 aromatic carbocycles. The van der Waals surface area contributed by atoms with Gasteiger partial charge in [-0.25, -0.2) is 21.6 Å². The van der Waals surface area contributed by atoms with Gasteiger partial charge in [-0.3, -0.25) is 0 Å². The minimum Gasteiger partial charge on any atom is -0.208 e. The van der Waals surface area contributed by atoms with Crippen molar-refractivity contribution >= 4 is 29.8 Å². The topological polar surface area (TPSA) is 80.3 Å². The molecule has 0 heterocycles. The van der Waals surface area contributed by atoms with Gasteiger partial charge in [-0.15, -0.1) is 0 Å². The van der Waals surface area contributed by atoms with Gasteiger partial charge in [-0.1, -0.05) is 0 Å². The Hall–Kier alpha value is -0.630. The molecular formula is C13H16ClNO4S2. The quantitative estimate of drug-likeness (QED) is 0.797. The van der Waals surface area contributed by atoms with E-state index in [9.17, 15) is 16.8 Å². The van der Waals surface area contributed by atoms with E-state index in [-0.39, 0.29) is 15.8 Å². The van der Waals surface area contributed by atoms with Crippen LogP contribution >= 0.6 is 10.7 Å². The molecule has 0 spiro atoms. The number of hydrogen-bond donors (Lipinski definition) is 1. The van der Waals surface area contributed by atoms with Crippen molar-refractivity contribution in [2.24, 2.45) is 11.8 Å². The van der Waals surface area contributed by atoms with Gasteiger partial charge in [-0.2, -0.15) is 0 Å². The van der Waals surface area contributed by atoms with E-state index in [0.717, 1.165) is 25.7 Å². The van der Waals surface area contributed by atoms with Gasteiger partial charge < -0.3 is 0 Å². The van der Waals surface area contributed by atoms with E-state index in [4.69, 9.17) is 10.7 Å². The molecule has 0 atom stereocenters. The monoisotopic (exact) mass is 349 g/mol. The first-order chi connectivity index (χ1) is 9.77. The average molecular weight is 350 g/mol.